The third-order valence-electron chi connectivity index (χ3n) is 8.46. The maximum absolute atomic E-state index is 12.5. The van der Waals surface area contributed by atoms with Crippen molar-refractivity contribution in [2.24, 2.45) is 5.92 Å². The van der Waals surface area contributed by atoms with Crippen molar-refractivity contribution in [3.8, 4) is 0 Å². The topological polar surface area (TPSA) is 91.8 Å². The first-order valence-electron chi connectivity index (χ1n) is 13.0. The van der Waals surface area contributed by atoms with Crippen LogP contribution < -0.4 is 11.2 Å². The number of ether oxygens (including phenoxy) is 1. The van der Waals surface area contributed by atoms with Gasteiger partial charge in [-0.05, 0) is 69.0 Å². The van der Waals surface area contributed by atoms with Gasteiger partial charge in [-0.25, -0.2) is 4.79 Å². The molecular formula is C25H41N2O6PS2Si. The van der Waals surface area contributed by atoms with Gasteiger partial charge in [-0.15, -0.1) is 0 Å². The first-order chi connectivity index (χ1) is 17.0. The Morgan fingerprint density at radius 3 is 2.70 bits per heavy atom. The molecule has 1 saturated carbocycles. The van der Waals surface area contributed by atoms with Crippen molar-refractivity contribution in [3.63, 3.8) is 0 Å². The van der Waals surface area contributed by atoms with Gasteiger partial charge in [0.15, 0.2) is 8.32 Å². The lowest BCUT2D eigenvalue weighted by atomic mass is 9.77. The second kappa shape index (κ2) is 10.5. The number of nitrogens with zero attached hydrogens (tertiary/aromatic N) is 1. The van der Waals surface area contributed by atoms with Crippen LogP contribution in [-0.2, 0) is 30.0 Å². The summed E-state index contributed by atoms with van der Waals surface area (Å²) in [5, 5.41) is 0.0397. The monoisotopic (exact) mass is 588 g/mol. The van der Waals surface area contributed by atoms with E-state index in [1.54, 1.807) is 11.4 Å². The molecule has 1 aliphatic carbocycles. The van der Waals surface area contributed by atoms with Crippen LogP contribution in [0.3, 0.4) is 0 Å². The molecule has 1 aromatic heterocycles. The summed E-state index contributed by atoms with van der Waals surface area (Å²) in [5.74, 6) is 0.442. The zero-order chi connectivity index (χ0) is 27.4. The van der Waals surface area contributed by atoms with Crippen LogP contribution in [0.25, 0.3) is 0 Å². The molecule has 0 aromatic carbocycles. The van der Waals surface area contributed by atoms with Gasteiger partial charge in [0.2, 0.25) is 5.69 Å². The van der Waals surface area contributed by atoms with Gasteiger partial charge < -0.3 is 18.2 Å². The summed E-state index contributed by atoms with van der Waals surface area (Å²) in [6.45, 7) is 19.8. The largest absolute Gasteiger partial charge is 0.414 e. The van der Waals surface area contributed by atoms with Crippen LogP contribution >= 0.6 is 17.1 Å². The number of allylic oxidation sites excluding steroid dienone is 1. The molecule has 0 amide bonds. The summed E-state index contributed by atoms with van der Waals surface area (Å²) in [5.41, 5.74) is -2.43. The molecule has 7 atom stereocenters. The van der Waals surface area contributed by atoms with Crippen molar-refractivity contribution in [2.45, 2.75) is 108 Å². The average molecular weight is 589 g/mol. The molecule has 0 spiro atoms. The highest BCUT2D eigenvalue weighted by Crippen LogP contribution is 2.76. The lowest BCUT2D eigenvalue weighted by molar-refractivity contribution is -0.0400. The highest BCUT2D eigenvalue weighted by molar-refractivity contribution is 8.68. The molecule has 0 bridgehead atoms. The molecule has 0 unspecified atom stereocenters. The molecule has 3 heterocycles. The van der Waals surface area contributed by atoms with Crippen LogP contribution in [0.5, 0.6) is 0 Å². The van der Waals surface area contributed by atoms with Crippen molar-refractivity contribution in [1.29, 1.82) is 0 Å². The fraction of sp³-hybridized carbons (Fsp3) is 0.760. The van der Waals surface area contributed by atoms with Crippen LogP contribution in [0.2, 0.25) is 18.1 Å². The Morgan fingerprint density at radius 2 is 2.08 bits per heavy atom. The van der Waals surface area contributed by atoms with Crippen molar-refractivity contribution in [3.05, 3.63) is 45.3 Å². The standard InChI is InChI=1S/C25H41N2O6PS2Si/c1-16(2)17-9-11-25(6)20(13-17)33-34(35,36-25)32-18-14-22(27-12-10-21(28)26-23(27)29)31-19(18)15-30-37(7,8)24(3,4)5/h10,12,17-20,22H,1,9,11,13-15H2,2-8H3,(H,26,28,29)/t17-,18+,19-,20+,22-,25+,34+/m1/s1. The molecule has 1 aromatic rings. The quantitative estimate of drug-likeness (QED) is 0.246. The van der Waals surface area contributed by atoms with Gasteiger partial charge in [-0.3, -0.25) is 14.3 Å². The van der Waals surface area contributed by atoms with Gasteiger partial charge in [0, 0.05) is 23.4 Å². The lowest BCUT2D eigenvalue weighted by Gasteiger charge is -2.37. The van der Waals surface area contributed by atoms with E-state index in [0.717, 1.165) is 19.3 Å². The zero-order valence-electron chi connectivity index (χ0n) is 22.9. The van der Waals surface area contributed by atoms with E-state index in [2.05, 4.69) is 59.3 Å². The number of fused-ring (bicyclic) bond motifs is 1. The zero-order valence-corrected chi connectivity index (χ0v) is 26.5. The maximum Gasteiger partial charge on any atom is 0.330 e. The third-order valence-corrected chi connectivity index (χ3v) is 18.7. The van der Waals surface area contributed by atoms with Crippen molar-refractivity contribution in [2.75, 3.05) is 6.61 Å². The van der Waals surface area contributed by atoms with Crippen LogP contribution in [0.15, 0.2) is 34.0 Å². The van der Waals surface area contributed by atoms with Crippen molar-refractivity contribution >= 4 is 37.2 Å². The van der Waals surface area contributed by atoms with Gasteiger partial charge in [0.05, 0.1) is 18.8 Å². The first kappa shape index (κ1) is 29.5. The average Bonchev–Trinajstić information content (AvgIpc) is 3.27. The SMILES string of the molecule is C=C(C)[C@@H]1CC[C@]2(C)S[P@@](=S)(O[C@H]3C[C@H](n4ccc(=O)[nH]c4=O)O[C@@H]3CO[Si](C)(C)C(C)(C)C)O[C@H]2C1. The normalized spacial score (nSPS) is 36.5. The summed E-state index contributed by atoms with van der Waals surface area (Å²) in [4.78, 5) is 26.4. The van der Waals surface area contributed by atoms with Crippen molar-refractivity contribution < 1.29 is 18.2 Å². The predicted molar refractivity (Wildman–Crippen MR) is 155 cm³/mol. The molecule has 8 nitrogen and oxygen atoms in total. The highest BCUT2D eigenvalue weighted by Gasteiger charge is 2.55. The summed E-state index contributed by atoms with van der Waals surface area (Å²) in [6.07, 6.45) is 3.50. The van der Waals surface area contributed by atoms with Crippen LogP contribution in [0.1, 0.15) is 66.5 Å². The van der Waals surface area contributed by atoms with Crippen molar-refractivity contribution in [1.82, 2.24) is 9.55 Å². The van der Waals surface area contributed by atoms with E-state index in [1.165, 1.54) is 22.4 Å². The summed E-state index contributed by atoms with van der Waals surface area (Å²) in [6, 6.07) is 1.32. The van der Waals surface area contributed by atoms with E-state index in [4.69, 9.17) is 30.0 Å². The summed E-state index contributed by atoms with van der Waals surface area (Å²) >= 11 is 7.75. The second-order valence-corrected chi connectivity index (χ2v) is 23.7. The fourth-order valence-corrected chi connectivity index (χ4v) is 13.5. The predicted octanol–water partition coefficient (Wildman–Crippen LogP) is 5.72. The lowest BCUT2D eigenvalue weighted by Crippen LogP contribution is -2.44. The Bertz CT molecular complexity index is 1200. The van der Waals surface area contributed by atoms with Gasteiger partial charge in [-0.2, -0.15) is 0 Å². The molecule has 12 heteroatoms. The summed E-state index contributed by atoms with van der Waals surface area (Å²) in [7, 11) is -2.05. The number of aromatic nitrogens is 2. The number of rotatable bonds is 7. The molecule has 2 saturated heterocycles. The summed E-state index contributed by atoms with van der Waals surface area (Å²) < 4.78 is 27.4. The Morgan fingerprint density at radius 1 is 1.38 bits per heavy atom. The minimum absolute atomic E-state index is 0.0284. The number of hydrogen-bond donors (Lipinski definition) is 1. The number of hydrogen-bond acceptors (Lipinski definition) is 8. The van der Waals surface area contributed by atoms with Crippen LogP contribution in [0, 0.1) is 5.92 Å². The second-order valence-electron chi connectivity index (χ2n) is 12.4. The maximum atomic E-state index is 12.5. The van der Waals surface area contributed by atoms with Gasteiger partial charge >= 0.3 is 5.69 Å². The Hall–Kier alpha value is -0.523. The molecule has 208 valence electrons. The van der Waals surface area contributed by atoms with E-state index in [9.17, 15) is 9.59 Å². The van der Waals surface area contributed by atoms with E-state index in [0.29, 0.717) is 18.9 Å². The van der Waals surface area contributed by atoms with Gasteiger partial charge in [0.25, 0.3) is 5.56 Å². The Kier molecular flexibility index (Phi) is 8.33. The van der Waals surface area contributed by atoms with Gasteiger partial charge in [-0.1, -0.05) is 44.3 Å². The third kappa shape index (κ3) is 6.29. The first-order valence-corrected chi connectivity index (χ1v) is 19.9. The molecule has 4 rings (SSSR count). The molecular weight excluding hydrogens is 547 g/mol. The molecule has 37 heavy (non-hydrogen) atoms. The molecule has 3 aliphatic rings. The smallest absolute Gasteiger partial charge is 0.330 e. The minimum Gasteiger partial charge on any atom is -0.414 e. The molecule has 3 fully saturated rings. The molecule has 1 N–H and O–H groups in total. The molecule has 2 aliphatic heterocycles. The van der Waals surface area contributed by atoms with E-state index in [1.807, 2.05) is 0 Å². The molecule has 0 radical (unpaired) electrons. The fourth-order valence-electron chi connectivity index (χ4n) is 4.89. The number of H-pyrrole nitrogens is 1. The number of aromatic amines is 1. The van der Waals surface area contributed by atoms with Crippen LogP contribution in [0.4, 0.5) is 0 Å². The van der Waals surface area contributed by atoms with Gasteiger partial charge in [0.1, 0.15) is 12.3 Å². The Labute approximate surface area is 229 Å². The van der Waals surface area contributed by atoms with E-state index >= 15 is 0 Å². The minimum atomic E-state index is -2.67. The Balaban J connectivity index is 1.55. The number of nitrogens with one attached hydrogen (secondary N) is 1. The highest BCUT2D eigenvalue weighted by atomic mass is 32.9. The van der Waals surface area contributed by atoms with E-state index < -0.39 is 43.7 Å². The van der Waals surface area contributed by atoms with E-state index in [-0.39, 0.29) is 15.9 Å². The van der Waals surface area contributed by atoms with Crippen LogP contribution in [-0.4, -0.2) is 47.5 Å².